The molecule has 8 nitrogen and oxygen atoms in total. The molecule has 2 N–H and O–H groups in total. The minimum absolute atomic E-state index is 0.0919. The van der Waals surface area contributed by atoms with Crippen LogP contribution in [0.25, 0.3) is 0 Å². The molecule has 1 aromatic rings. The van der Waals surface area contributed by atoms with E-state index >= 15 is 0 Å². The van der Waals surface area contributed by atoms with Crippen molar-refractivity contribution in [2.75, 3.05) is 6.61 Å². The summed E-state index contributed by atoms with van der Waals surface area (Å²) in [5.74, 6) is -0.521. The van der Waals surface area contributed by atoms with Gasteiger partial charge in [-0.1, -0.05) is 13.8 Å². The molecular formula is C10H15N3O5S. The largest absolute Gasteiger partial charge is 0.395 e. The summed E-state index contributed by atoms with van der Waals surface area (Å²) in [5.41, 5.74) is 0. The van der Waals surface area contributed by atoms with Gasteiger partial charge in [0.1, 0.15) is 4.90 Å². The second-order valence-corrected chi connectivity index (χ2v) is 5.98. The van der Waals surface area contributed by atoms with Gasteiger partial charge >= 0.3 is 5.82 Å². The van der Waals surface area contributed by atoms with Crippen LogP contribution in [0.3, 0.4) is 0 Å². The van der Waals surface area contributed by atoms with Crippen molar-refractivity contribution in [2.24, 2.45) is 5.92 Å². The number of rotatable bonds is 6. The Hall–Kier alpha value is -1.58. The van der Waals surface area contributed by atoms with Crippen molar-refractivity contribution in [2.45, 2.75) is 24.8 Å². The van der Waals surface area contributed by atoms with E-state index in [9.17, 15) is 18.5 Å². The van der Waals surface area contributed by atoms with Gasteiger partial charge < -0.3 is 15.2 Å². The molecule has 0 saturated heterocycles. The Bertz CT molecular complexity index is 541. The minimum atomic E-state index is -3.85. The van der Waals surface area contributed by atoms with Crippen LogP contribution in [0.5, 0.6) is 0 Å². The van der Waals surface area contributed by atoms with Gasteiger partial charge in [0.05, 0.1) is 6.61 Å². The van der Waals surface area contributed by atoms with Gasteiger partial charge in [0, 0.05) is 12.1 Å². The molecule has 1 rings (SSSR count). The normalized spacial score (nSPS) is 13.5. The van der Waals surface area contributed by atoms with Gasteiger partial charge in [-0.2, -0.15) is 0 Å². The highest BCUT2D eigenvalue weighted by Gasteiger charge is 2.23. The third-order valence-corrected chi connectivity index (χ3v) is 4.00. The van der Waals surface area contributed by atoms with Gasteiger partial charge in [0.15, 0.2) is 6.20 Å². The van der Waals surface area contributed by atoms with Crippen LogP contribution in [0.2, 0.25) is 0 Å². The maximum absolute atomic E-state index is 12.0. The van der Waals surface area contributed by atoms with Crippen LogP contribution in [0.4, 0.5) is 5.82 Å². The molecule has 0 aromatic carbocycles. The first kappa shape index (κ1) is 15.5. The van der Waals surface area contributed by atoms with Crippen LogP contribution in [0.15, 0.2) is 23.2 Å². The Kier molecular flexibility index (Phi) is 4.92. The molecule has 0 unspecified atom stereocenters. The number of nitrogens with zero attached hydrogens (tertiary/aromatic N) is 2. The van der Waals surface area contributed by atoms with E-state index in [0.717, 1.165) is 18.3 Å². The fourth-order valence-corrected chi connectivity index (χ4v) is 2.61. The van der Waals surface area contributed by atoms with E-state index in [2.05, 4.69) is 9.71 Å². The second-order valence-electron chi connectivity index (χ2n) is 4.26. The fraction of sp³-hybridized carbons (Fsp3) is 0.500. The van der Waals surface area contributed by atoms with E-state index in [1.165, 1.54) is 0 Å². The maximum Gasteiger partial charge on any atom is 0.363 e. The minimum Gasteiger partial charge on any atom is -0.395 e. The van der Waals surface area contributed by atoms with Crippen LogP contribution in [0, 0.1) is 16.0 Å². The van der Waals surface area contributed by atoms with Crippen molar-refractivity contribution in [3.63, 3.8) is 0 Å². The molecule has 1 atom stereocenters. The summed E-state index contributed by atoms with van der Waals surface area (Å²) in [4.78, 5) is 13.0. The number of pyridine rings is 1. The van der Waals surface area contributed by atoms with Gasteiger partial charge in [0.25, 0.3) is 0 Å². The Morgan fingerprint density at radius 3 is 2.47 bits per heavy atom. The number of hydrogen-bond acceptors (Lipinski definition) is 6. The Balaban J connectivity index is 2.97. The molecule has 19 heavy (non-hydrogen) atoms. The van der Waals surface area contributed by atoms with Gasteiger partial charge in [-0.15, -0.1) is 0 Å². The van der Waals surface area contributed by atoms with Crippen molar-refractivity contribution in [1.82, 2.24) is 9.71 Å². The number of aromatic nitrogens is 1. The van der Waals surface area contributed by atoms with Crippen LogP contribution in [-0.2, 0) is 10.0 Å². The van der Waals surface area contributed by atoms with Gasteiger partial charge in [-0.25, -0.2) is 13.1 Å². The van der Waals surface area contributed by atoms with Crippen LogP contribution in [-0.4, -0.2) is 36.1 Å². The van der Waals surface area contributed by atoms with Crippen LogP contribution >= 0.6 is 0 Å². The van der Waals surface area contributed by atoms with E-state index in [1.807, 2.05) is 0 Å². The lowest BCUT2D eigenvalue weighted by Crippen LogP contribution is -2.41. The molecule has 0 aliphatic rings. The number of sulfonamides is 1. The highest BCUT2D eigenvalue weighted by Crippen LogP contribution is 2.13. The lowest BCUT2D eigenvalue weighted by atomic mass is 10.1. The molecular weight excluding hydrogens is 274 g/mol. The summed E-state index contributed by atoms with van der Waals surface area (Å²) in [6, 6.07) is 1.49. The van der Waals surface area contributed by atoms with E-state index < -0.39 is 26.8 Å². The molecule has 0 saturated carbocycles. The summed E-state index contributed by atoms with van der Waals surface area (Å²) in [7, 11) is -3.85. The summed E-state index contributed by atoms with van der Waals surface area (Å²) in [6.45, 7) is 3.19. The average molecular weight is 289 g/mol. The lowest BCUT2D eigenvalue weighted by molar-refractivity contribution is -0.389. The number of nitrogens with one attached hydrogen (secondary N) is 1. The summed E-state index contributed by atoms with van der Waals surface area (Å²) in [5, 5.41) is 19.5. The molecule has 0 fully saturated rings. The number of aliphatic hydroxyl groups excluding tert-OH is 1. The van der Waals surface area contributed by atoms with Gasteiger partial charge in [0.2, 0.25) is 10.0 Å². The molecule has 0 aliphatic carbocycles. The Morgan fingerprint density at radius 2 is 2.11 bits per heavy atom. The first-order valence-electron chi connectivity index (χ1n) is 5.51. The molecule has 0 aliphatic heterocycles. The second kappa shape index (κ2) is 6.04. The molecule has 0 amide bonds. The van der Waals surface area contributed by atoms with E-state index in [4.69, 9.17) is 5.11 Å². The van der Waals surface area contributed by atoms with Gasteiger partial charge in [-0.05, 0) is 21.9 Å². The zero-order chi connectivity index (χ0) is 14.6. The topological polar surface area (TPSA) is 122 Å². The Morgan fingerprint density at radius 1 is 1.47 bits per heavy atom. The summed E-state index contributed by atoms with van der Waals surface area (Å²) < 4.78 is 26.2. The zero-order valence-corrected chi connectivity index (χ0v) is 11.3. The van der Waals surface area contributed by atoms with Crippen molar-refractivity contribution in [1.29, 1.82) is 0 Å². The third-order valence-electron chi connectivity index (χ3n) is 2.53. The Labute approximate surface area is 110 Å². The molecule has 106 valence electrons. The predicted octanol–water partition coefficient (Wildman–Crippen LogP) is 0.285. The van der Waals surface area contributed by atoms with E-state index in [1.54, 1.807) is 13.8 Å². The van der Waals surface area contributed by atoms with E-state index in [-0.39, 0.29) is 17.4 Å². The maximum atomic E-state index is 12.0. The average Bonchev–Trinajstić information content (AvgIpc) is 2.35. The van der Waals surface area contributed by atoms with Crippen LogP contribution in [0.1, 0.15) is 13.8 Å². The van der Waals surface area contributed by atoms with Crippen molar-refractivity contribution >= 4 is 15.8 Å². The fourth-order valence-electron chi connectivity index (χ4n) is 1.29. The van der Waals surface area contributed by atoms with Gasteiger partial charge in [-0.3, -0.25) is 0 Å². The third kappa shape index (κ3) is 3.94. The quantitative estimate of drug-likeness (QED) is 0.573. The highest BCUT2D eigenvalue weighted by molar-refractivity contribution is 7.89. The molecule has 0 spiro atoms. The number of nitro groups is 1. The number of hydrogen-bond donors (Lipinski definition) is 2. The predicted molar refractivity (Wildman–Crippen MR) is 66.9 cm³/mol. The smallest absolute Gasteiger partial charge is 0.363 e. The standard InChI is InChI=1S/C10H15N3O5S/c1-7(2)9(6-14)12-19(17,18)8-3-4-10(11-5-8)13(15)16/h3-5,7,9,12,14H,6H2,1-2H3/t9-/m1/s1. The van der Waals surface area contributed by atoms with Crippen molar-refractivity contribution in [3.8, 4) is 0 Å². The monoisotopic (exact) mass is 289 g/mol. The summed E-state index contributed by atoms with van der Waals surface area (Å²) >= 11 is 0. The van der Waals surface area contributed by atoms with E-state index in [0.29, 0.717) is 0 Å². The SMILES string of the molecule is CC(C)[C@@H](CO)NS(=O)(=O)c1ccc([N+](=O)[O-])nc1. The molecule has 0 bridgehead atoms. The zero-order valence-electron chi connectivity index (χ0n) is 10.5. The molecule has 1 heterocycles. The molecule has 9 heteroatoms. The van der Waals surface area contributed by atoms with Crippen molar-refractivity contribution in [3.05, 3.63) is 28.4 Å². The summed E-state index contributed by atoms with van der Waals surface area (Å²) in [6.07, 6.45) is 0.912. The van der Waals surface area contributed by atoms with Crippen molar-refractivity contribution < 1.29 is 18.4 Å². The highest BCUT2D eigenvalue weighted by atomic mass is 32.2. The van der Waals surface area contributed by atoms with Crippen LogP contribution < -0.4 is 4.72 Å². The molecule has 1 aromatic heterocycles. The first-order valence-corrected chi connectivity index (χ1v) is 7.00. The molecule has 0 radical (unpaired) electrons. The number of aliphatic hydroxyl groups is 1. The lowest BCUT2D eigenvalue weighted by Gasteiger charge is -2.19. The first-order chi connectivity index (χ1) is 8.77.